The van der Waals surface area contributed by atoms with Crippen LogP contribution in [0.15, 0.2) is 30.3 Å². The highest BCUT2D eigenvalue weighted by molar-refractivity contribution is 5.86. The molecule has 2 rings (SSSR count). The lowest BCUT2D eigenvalue weighted by atomic mass is 9.91. The molecule has 1 aromatic rings. The molecular formula is C16H22N2O3. The first-order valence-electron chi connectivity index (χ1n) is 7.31. The van der Waals surface area contributed by atoms with Crippen molar-refractivity contribution in [2.24, 2.45) is 5.92 Å². The number of carbonyl (C=O) groups excluding carboxylic acids is 1. The summed E-state index contributed by atoms with van der Waals surface area (Å²) in [6.07, 6.45) is -0.165. The lowest BCUT2D eigenvalue weighted by molar-refractivity contribution is -0.144. The fraction of sp³-hybridized carbons (Fsp3) is 0.500. The van der Waals surface area contributed by atoms with Gasteiger partial charge in [-0.15, -0.1) is 0 Å². The predicted octanol–water partition coefficient (Wildman–Crippen LogP) is 1.66. The van der Waals surface area contributed by atoms with Gasteiger partial charge >= 0.3 is 5.97 Å². The molecule has 1 saturated heterocycles. The van der Waals surface area contributed by atoms with Crippen LogP contribution < -0.4 is 5.32 Å². The van der Waals surface area contributed by atoms with E-state index >= 15 is 0 Å². The van der Waals surface area contributed by atoms with Crippen molar-refractivity contribution in [3.8, 4) is 0 Å². The van der Waals surface area contributed by atoms with E-state index in [-0.39, 0.29) is 24.3 Å². The molecule has 2 atom stereocenters. The molecule has 21 heavy (non-hydrogen) atoms. The zero-order chi connectivity index (χ0) is 15.4. The Kier molecular flexibility index (Phi) is 4.96. The Balaban J connectivity index is 2.32. The first-order chi connectivity index (χ1) is 10.0. The van der Waals surface area contributed by atoms with E-state index in [0.29, 0.717) is 13.1 Å². The highest BCUT2D eigenvalue weighted by Gasteiger charge is 2.37. The normalized spacial score (nSPS) is 21.1. The number of benzene rings is 1. The third kappa shape index (κ3) is 3.61. The molecule has 1 fully saturated rings. The molecule has 2 unspecified atom stereocenters. The van der Waals surface area contributed by atoms with Crippen molar-refractivity contribution in [1.82, 2.24) is 10.2 Å². The molecule has 1 heterocycles. The molecule has 114 valence electrons. The Morgan fingerprint density at radius 1 is 1.38 bits per heavy atom. The fourth-order valence-corrected chi connectivity index (χ4v) is 3.05. The van der Waals surface area contributed by atoms with Crippen molar-refractivity contribution >= 4 is 11.9 Å². The first kappa shape index (κ1) is 15.5. The predicted molar refractivity (Wildman–Crippen MR) is 79.8 cm³/mol. The minimum atomic E-state index is -0.947. The molecule has 1 aromatic carbocycles. The number of hydrogen-bond donors (Lipinski definition) is 2. The van der Waals surface area contributed by atoms with E-state index in [1.807, 2.05) is 35.2 Å². The van der Waals surface area contributed by atoms with Gasteiger partial charge in [-0.3, -0.25) is 14.5 Å². The number of piperazine rings is 1. The van der Waals surface area contributed by atoms with Gasteiger partial charge in [0.1, 0.15) is 6.04 Å². The van der Waals surface area contributed by atoms with Crippen LogP contribution in [0.1, 0.15) is 31.9 Å². The maximum atomic E-state index is 12.1. The van der Waals surface area contributed by atoms with Gasteiger partial charge in [-0.25, -0.2) is 0 Å². The van der Waals surface area contributed by atoms with E-state index in [2.05, 4.69) is 19.2 Å². The molecule has 1 aliphatic rings. The summed E-state index contributed by atoms with van der Waals surface area (Å²) in [5, 5.41) is 11.9. The monoisotopic (exact) mass is 290 g/mol. The van der Waals surface area contributed by atoms with Crippen molar-refractivity contribution in [3.63, 3.8) is 0 Å². The molecule has 0 spiro atoms. The van der Waals surface area contributed by atoms with Crippen LogP contribution in [0.2, 0.25) is 0 Å². The Morgan fingerprint density at radius 3 is 2.62 bits per heavy atom. The van der Waals surface area contributed by atoms with Crippen LogP contribution in [-0.4, -0.2) is 41.0 Å². The summed E-state index contributed by atoms with van der Waals surface area (Å²) in [4.78, 5) is 25.2. The number of rotatable bonds is 5. The Bertz CT molecular complexity index is 502. The minimum absolute atomic E-state index is 0.0431. The second kappa shape index (κ2) is 6.72. The van der Waals surface area contributed by atoms with Gasteiger partial charge in [-0.1, -0.05) is 44.2 Å². The Hall–Kier alpha value is -1.88. The van der Waals surface area contributed by atoms with Gasteiger partial charge in [0.25, 0.3) is 0 Å². The molecule has 1 amide bonds. The molecule has 5 heteroatoms. The topological polar surface area (TPSA) is 69.6 Å². The maximum Gasteiger partial charge on any atom is 0.305 e. The summed E-state index contributed by atoms with van der Waals surface area (Å²) in [5.74, 6) is -0.850. The number of carboxylic acid groups (broad SMARTS) is 1. The number of hydrogen-bond acceptors (Lipinski definition) is 3. The lowest BCUT2D eigenvalue weighted by Crippen LogP contribution is -2.57. The van der Waals surface area contributed by atoms with Crippen LogP contribution in [0.4, 0.5) is 0 Å². The number of amides is 1. The van der Waals surface area contributed by atoms with Gasteiger partial charge in [-0.2, -0.15) is 0 Å². The van der Waals surface area contributed by atoms with Gasteiger partial charge < -0.3 is 10.4 Å². The molecule has 0 aromatic heterocycles. The summed E-state index contributed by atoms with van der Waals surface area (Å²) in [5.41, 5.74) is 1.12. The molecule has 2 N–H and O–H groups in total. The summed E-state index contributed by atoms with van der Waals surface area (Å²) < 4.78 is 0. The smallest absolute Gasteiger partial charge is 0.305 e. The molecule has 0 bridgehead atoms. The third-order valence-corrected chi connectivity index (χ3v) is 3.87. The summed E-state index contributed by atoms with van der Waals surface area (Å²) in [7, 11) is 0. The van der Waals surface area contributed by atoms with Gasteiger partial charge in [-0.05, 0) is 11.5 Å². The van der Waals surface area contributed by atoms with Crippen molar-refractivity contribution in [2.75, 3.05) is 13.1 Å². The zero-order valence-corrected chi connectivity index (χ0v) is 12.5. The van der Waals surface area contributed by atoms with Gasteiger partial charge in [0.2, 0.25) is 5.91 Å². The third-order valence-electron chi connectivity index (χ3n) is 3.87. The van der Waals surface area contributed by atoms with E-state index in [4.69, 9.17) is 5.11 Å². The molecule has 5 nitrogen and oxygen atoms in total. The van der Waals surface area contributed by atoms with Gasteiger partial charge in [0.15, 0.2) is 0 Å². The van der Waals surface area contributed by atoms with E-state index in [9.17, 15) is 9.59 Å². The van der Waals surface area contributed by atoms with Crippen molar-refractivity contribution in [3.05, 3.63) is 35.9 Å². The standard InChI is InChI=1S/C16H22N2O3/c1-11(2)15(12-6-4-3-5-7-12)18-9-8-17-16(21)13(18)10-14(19)20/h3-7,11,13,15H,8-10H2,1-2H3,(H,17,21)(H,19,20). The highest BCUT2D eigenvalue weighted by Crippen LogP contribution is 2.31. The quantitative estimate of drug-likeness (QED) is 0.865. The number of aliphatic carboxylic acids is 1. The minimum Gasteiger partial charge on any atom is -0.481 e. The molecule has 1 aliphatic heterocycles. The van der Waals surface area contributed by atoms with Gasteiger partial charge in [0, 0.05) is 19.1 Å². The van der Waals surface area contributed by atoms with Crippen LogP contribution in [0.3, 0.4) is 0 Å². The second-order valence-electron chi connectivity index (χ2n) is 5.74. The van der Waals surface area contributed by atoms with Crippen LogP contribution >= 0.6 is 0 Å². The van der Waals surface area contributed by atoms with E-state index in [1.54, 1.807) is 0 Å². The molecule has 0 aliphatic carbocycles. The molecule has 0 radical (unpaired) electrons. The second-order valence-corrected chi connectivity index (χ2v) is 5.74. The summed E-state index contributed by atoms with van der Waals surface area (Å²) in [6, 6.07) is 9.41. The summed E-state index contributed by atoms with van der Waals surface area (Å²) >= 11 is 0. The zero-order valence-electron chi connectivity index (χ0n) is 12.5. The highest BCUT2D eigenvalue weighted by atomic mass is 16.4. The van der Waals surface area contributed by atoms with Gasteiger partial charge in [0.05, 0.1) is 6.42 Å². The number of nitrogens with one attached hydrogen (secondary N) is 1. The molecule has 0 saturated carbocycles. The Morgan fingerprint density at radius 2 is 2.05 bits per heavy atom. The lowest BCUT2D eigenvalue weighted by Gasteiger charge is -2.42. The number of carboxylic acids is 1. The van der Waals surface area contributed by atoms with Crippen molar-refractivity contribution in [1.29, 1.82) is 0 Å². The van der Waals surface area contributed by atoms with E-state index in [0.717, 1.165) is 5.56 Å². The fourth-order valence-electron chi connectivity index (χ4n) is 3.05. The largest absolute Gasteiger partial charge is 0.481 e. The first-order valence-corrected chi connectivity index (χ1v) is 7.31. The molecular weight excluding hydrogens is 268 g/mol. The summed E-state index contributed by atoms with van der Waals surface area (Å²) in [6.45, 7) is 5.43. The number of nitrogens with zero attached hydrogens (tertiary/aromatic N) is 1. The van der Waals surface area contributed by atoms with Crippen molar-refractivity contribution in [2.45, 2.75) is 32.4 Å². The van der Waals surface area contributed by atoms with Crippen LogP contribution in [-0.2, 0) is 9.59 Å². The van der Waals surface area contributed by atoms with Crippen LogP contribution in [0.5, 0.6) is 0 Å². The van der Waals surface area contributed by atoms with Crippen LogP contribution in [0.25, 0.3) is 0 Å². The average Bonchev–Trinajstić information content (AvgIpc) is 2.43. The van der Waals surface area contributed by atoms with E-state index in [1.165, 1.54) is 0 Å². The average molecular weight is 290 g/mol. The van der Waals surface area contributed by atoms with Crippen LogP contribution in [0, 0.1) is 5.92 Å². The Labute approximate surface area is 125 Å². The van der Waals surface area contributed by atoms with Crippen molar-refractivity contribution < 1.29 is 14.7 Å². The maximum absolute atomic E-state index is 12.1. The number of carbonyl (C=O) groups is 2. The van der Waals surface area contributed by atoms with E-state index < -0.39 is 12.0 Å². The SMILES string of the molecule is CC(C)C(c1ccccc1)N1CCNC(=O)C1CC(=O)O.